The third kappa shape index (κ3) is 2.89. The van der Waals surface area contributed by atoms with Crippen molar-refractivity contribution in [1.29, 1.82) is 0 Å². The summed E-state index contributed by atoms with van der Waals surface area (Å²) in [5, 5.41) is 4.04. The SMILES string of the molecule is CN(CC1(N(C)C)CCC1)C(=O)Cn1cc(N)cn1. The van der Waals surface area contributed by atoms with Crippen LogP contribution in [-0.2, 0) is 11.3 Å². The van der Waals surface area contributed by atoms with E-state index in [0.717, 1.165) is 19.4 Å². The second kappa shape index (κ2) is 5.21. The molecular formula is C13H23N5O. The highest BCUT2D eigenvalue weighted by atomic mass is 16.2. The molecule has 1 aromatic heterocycles. The van der Waals surface area contributed by atoms with Gasteiger partial charge in [-0.1, -0.05) is 0 Å². The van der Waals surface area contributed by atoms with E-state index in [1.54, 1.807) is 22.0 Å². The molecule has 0 spiro atoms. The van der Waals surface area contributed by atoms with Gasteiger partial charge in [-0.3, -0.25) is 9.48 Å². The number of carbonyl (C=O) groups is 1. The third-order valence-corrected chi connectivity index (χ3v) is 4.14. The number of nitrogen functional groups attached to an aromatic ring is 1. The predicted octanol–water partition coefficient (Wildman–Crippen LogP) is 0.408. The van der Waals surface area contributed by atoms with Gasteiger partial charge in [0.2, 0.25) is 5.91 Å². The van der Waals surface area contributed by atoms with Crippen molar-refractivity contribution in [3.63, 3.8) is 0 Å². The number of amides is 1. The van der Waals surface area contributed by atoms with E-state index < -0.39 is 0 Å². The summed E-state index contributed by atoms with van der Waals surface area (Å²) in [5.74, 6) is 0.0659. The Balaban J connectivity index is 1.92. The average Bonchev–Trinajstić information content (AvgIpc) is 2.68. The van der Waals surface area contributed by atoms with Gasteiger partial charge in [0.15, 0.2) is 0 Å². The summed E-state index contributed by atoms with van der Waals surface area (Å²) in [4.78, 5) is 16.2. The van der Waals surface area contributed by atoms with Crippen molar-refractivity contribution in [3.8, 4) is 0 Å². The molecule has 2 N–H and O–H groups in total. The maximum Gasteiger partial charge on any atom is 0.244 e. The Labute approximate surface area is 114 Å². The van der Waals surface area contributed by atoms with Crippen molar-refractivity contribution in [2.24, 2.45) is 0 Å². The van der Waals surface area contributed by atoms with E-state index >= 15 is 0 Å². The largest absolute Gasteiger partial charge is 0.396 e. The molecule has 0 aromatic carbocycles. The van der Waals surface area contributed by atoms with Gasteiger partial charge in [0.05, 0.1) is 11.9 Å². The van der Waals surface area contributed by atoms with Crippen LogP contribution in [0.4, 0.5) is 5.69 Å². The van der Waals surface area contributed by atoms with E-state index in [4.69, 9.17) is 5.73 Å². The minimum atomic E-state index is 0.0659. The normalized spacial score (nSPS) is 17.3. The van der Waals surface area contributed by atoms with Crippen LogP contribution >= 0.6 is 0 Å². The number of hydrogen-bond acceptors (Lipinski definition) is 4. The van der Waals surface area contributed by atoms with E-state index in [9.17, 15) is 4.79 Å². The molecule has 0 aliphatic heterocycles. The summed E-state index contributed by atoms with van der Waals surface area (Å²) in [5.41, 5.74) is 6.33. The van der Waals surface area contributed by atoms with E-state index in [-0.39, 0.29) is 18.0 Å². The molecule has 1 amide bonds. The van der Waals surface area contributed by atoms with Crippen LogP contribution in [0, 0.1) is 0 Å². The minimum absolute atomic E-state index is 0.0659. The molecule has 0 radical (unpaired) electrons. The van der Waals surface area contributed by atoms with Gasteiger partial charge in [0, 0.05) is 25.3 Å². The lowest BCUT2D eigenvalue weighted by molar-refractivity contribution is -0.133. The molecular weight excluding hydrogens is 242 g/mol. The minimum Gasteiger partial charge on any atom is -0.396 e. The number of rotatable bonds is 5. The first-order valence-electron chi connectivity index (χ1n) is 6.62. The maximum absolute atomic E-state index is 12.2. The molecule has 1 aromatic rings. The second-order valence-electron chi connectivity index (χ2n) is 5.69. The highest BCUT2D eigenvalue weighted by molar-refractivity contribution is 5.75. The summed E-state index contributed by atoms with van der Waals surface area (Å²) in [6, 6.07) is 0. The molecule has 1 heterocycles. The first-order valence-corrected chi connectivity index (χ1v) is 6.62. The van der Waals surface area contributed by atoms with Crippen molar-refractivity contribution in [3.05, 3.63) is 12.4 Å². The zero-order valence-electron chi connectivity index (χ0n) is 12.0. The van der Waals surface area contributed by atoms with Crippen LogP contribution in [0.25, 0.3) is 0 Å². The van der Waals surface area contributed by atoms with Gasteiger partial charge in [-0.2, -0.15) is 5.10 Å². The van der Waals surface area contributed by atoms with Crippen LogP contribution in [0.5, 0.6) is 0 Å². The van der Waals surface area contributed by atoms with Crippen molar-refractivity contribution in [2.75, 3.05) is 33.4 Å². The topological polar surface area (TPSA) is 67.4 Å². The first kappa shape index (κ1) is 13.9. The van der Waals surface area contributed by atoms with Gasteiger partial charge < -0.3 is 15.5 Å². The van der Waals surface area contributed by atoms with Gasteiger partial charge in [-0.05, 0) is 33.4 Å². The van der Waals surface area contributed by atoms with Gasteiger partial charge >= 0.3 is 0 Å². The van der Waals surface area contributed by atoms with Crippen LogP contribution in [0.2, 0.25) is 0 Å². The Morgan fingerprint density at radius 2 is 2.16 bits per heavy atom. The number of hydrogen-bond donors (Lipinski definition) is 1. The van der Waals surface area contributed by atoms with Crippen LogP contribution in [0.1, 0.15) is 19.3 Å². The third-order valence-electron chi connectivity index (χ3n) is 4.14. The molecule has 19 heavy (non-hydrogen) atoms. The Morgan fingerprint density at radius 3 is 2.58 bits per heavy atom. The highest BCUT2D eigenvalue weighted by Gasteiger charge is 2.40. The summed E-state index contributed by atoms with van der Waals surface area (Å²) >= 11 is 0. The Morgan fingerprint density at radius 1 is 1.47 bits per heavy atom. The molecule has 6 heteroatoms. The lowest BCUT2D eigenvalue weighted by atomic mass is 9.75. The van der Waals surface area contributed by atoms with Crippen LogP contribution < -0.4 is 5.73 Å². The molecule has 1 aliphatic carbocycles. The fourth-order valence-corrected chi connectivity index (χ4v) is 2.59. The van der Waals surface area contributed by atoms with Gasteiger partial charge in [0.25, 0.3) is 0 Å². The van der Waals surface area contributed by atoms with Gasteiger partial charge in [-0.15, -0.1) is 0 Å². The lowest BCUT2D eigenvalue weighted by Gasteiger charge is -2.49. The van der Waals surface area contributed by atoms with E-state index in [1.807, 2.05) is 7.05 Å². The van der Waals surface area contributed by atoms with E-state index in [2.05, 4.69) is 24.1 Å². The standard InChI is InChI=1S/C13H23N5O/c1-16(2)13(5-4-6-13)10-17(3)12(19)9-18-8-11(14)7-15-18/h7-8H,4-6,9-10,14H2,1-3H3. The molecule has 0 unspecified atom stereocenters. The molecule has 0 atom stereocenters. The van der Waals surface area contributed by atoms with Crippen molar-refractivity contribution in [1.82, 2.24) is 19.6 Å². The van der Waals surface area contributed by atoms with Crippen molar-refractivity contribution < 1.29 is 4.79 Å². The fraction of sp³-hybridized carbons (Fsp3) is 0.692. The van der Waals surface area contributed by atoms with Crippen LogP contribution in [0.3, 0.4) is 0 Å². The second-order valence-corrected chi connectivity index (χ2v) is 5.69. The Kier molecular flexibility index (Phi) is 3.80. The summed E-state index contributed by atoms with van der Waals surface area (Å²) in [6.07, 6.45) is 6.80. The van der Waals surface area contributed by atoms with Crippen LogP contribution in [0.15, 0.2) is 12.4 Å². The maximum atomic E-state index is 12.2. The molecule has 2 rings (SSSR count). The van der Waals surface area contributed by atoms with E-state index in [0.29, 0.717) is 5.69 Å². The quantitative estimate of drug-likeness (QED) is 0.837. The highest BCUT2D eigenvalue weighted by Crippen LogP contribution is 2.36. The Hall–Kier alpha value is -1.56. The monoisotopic (exact) mass is 265 g/mol. The first-order chi connectivity index (χ1) is 8.93. The molecule has 106 valence electrons. The number of anilines is 1. The molecule has 0 bridgehead atoms. The zero-order chi connectivity index (χ0) is 14.0. The summed E-state index contributed by atoms with van der Waals surface area (Å²) in [6.45, 7) is 1.02. The van der Waals surface area contributed by atoms with E-state index in [1.165, 1.54) is 6.42 Å². The summed E-state index contributed by atoms with van der Waals surface area (Å²) in [7, 11) is 6.04. The van der Waals surface area contributed by atoms with Crippen LogP contribution in [-0.4, -0.2) is 58.7 Å². The number of likely N-dealkylation sites (N-methyl/N-ethyl adjacent to an activating group) is 2. The van der Waals surface area contributed by atoms with Crippen molar-refractivity contribution in [2.45, 2.75) is 31.3 Å². The smallest absolute Gasteiger partial charge is 0.244 e. The number of nitrogens with zero attached hydrogens (tertiary/aromatic N) is 4. The Bertz CT molecular complexity index is 450. The molecule has 0 saturated heterocycles. The number of carbonyl (C=O) groups excluding carboxylic acids is 1. The number of aromatic nitrogens is 2. The lowest BCUT2D eigenvalue weighted by Crippen LogP contribution is -2.57. The zero-order valence-corrected chi connectivity index (χ0v) is 12.0. The fourth-order valence-electron chi connectivity index (χ4n) is 2.59. The molecule has 1 aliphatic rings. The molecule has 6 nitrogen and oxygen atoms in total. The molecule has 1 saturated carbocycles. The molecule has 1 fully saturated rings. The number of nitrogens with two attached hydrogens (primary N) is 1. The van der Waals surface area contributed by atoms with Gasteiger partial charge in [0.1, 0.15) is 6.54 Å². The predicted molar refractivity (Wildman–Crippen MR) is 74.5 cm³/mol. The van der Waals surface area contributed by atoms with Crippen molar-refractivity contribution >= 4 is 11.6 Å². The average molecular weight is 265 g/mol. The summed E-state index contributed by atoms with van der Waals surface area (Å²) < 4.78 is 1.58. The van der Waals surface area contributed by atoms with Gasteiger partial charge in [-0.25, -0.2) is 0 Å².